The Hall–Kier alpha value is -1.03. The first-order chi connectivity index (χ1) is 8.62. The first-order valence-corrected chi connectivity index (χ1v) is 6.55. The maximum absolute atomic E-state index is 12.8. The third-order valence-electron chi connectivity index (χ3n) is 3.59. The fourth-order valence-corrected chi connectivity index (χ4v) is 2.82. The van der Waals surface area contributed by atoms with Gasteiger partial charge in [0.25, 0.3) is 0 Å². The fourth-order valence-electron chi connectivity index (χ4n) is 2.82. The molecule has 1 fully saturated rings. The summed E-state index contributed by atoms with van der Waals surface area (Å²) in [4.78, 5) is 0. The molecule has 1 aromatic carbocycles. The molecule has 1 unspecified atom stereocenters. The number of hydrogen-bond acceptors (Lipinski definition) is 1. The van der Waals surface area contributed by atoms with E-state index in [2.05, 4.69) is 26.1 Å². The minimum Gasteiger partial charge on any atom is -0.307 e. The molecular weight excluding hydrogens is 251 g/mol. The Morgan fingerprint density at radius 2 is 1.84 bits per heavy atom. The summed E-state index contributed by atoms with van der Waals surface area (Å²) in [5.41, 5.74) is -0.0308. The van der Waals surface area contributed by atoms with Gasteiger partial charge in [0.1, 0.15) is 0 Å². The zero-order chi connectivity index (χ0) is 14.3. The van der Waals surface area contributed by atoms with Crippen molar-refractivity contribution in [2.45, 2.75) is 45.3 Å². The maximum Gasteiger partial charge on any atom is 0.416 e. The van der Waals surface area contributed by atoms with Crippen molar-refractivity contribution in [1.82, 2.24) is 5.32 Å². The lowest BCUT2D eigenvalue weighted by molar-refractivity contribution is -0.137. The van der Waals surface area contributed by atoms with E-state index in [1.807, 2.05) is 0 Å². The molecule has 0 amide bonds. The topological polar surface area (TPSA) is 12.0 Å². The number of alkyl halides is 3. The van der Waals surface area contributed by atoms with Crippen LogP contribution in [0.4, 0.5) is 13.2 Å². The molecule has 1 aromatic rings. The van der Waals surface area contributed by atoms with Gasteiger partial charge in [0, 0.05) is 5.54 Å². The fraction of sp³-hybridized carbons (Fsp3) is 0.600. The van der Waals surface area contributed by atoms with E-state index >= 15 is 0 Å². The van der Waals surface area contributed by atoms with Gasteiger partial charge in [0.15, 0.2) is 0 Å². The van der Waals surface area contributed by atoms with E-state index < -0.39 is 11.7 Å². The third kappa shape index (κ3) is 3.11. The zero-order valence-electron chi connectivity index (χ0n) is 11.6. The van der Waals surface area contributed by atoms with Crippen LogP contribution in [0.5, 0.6) is 0 Å². The highest BCUT2D eigenvalue weighted by Crippen LogP contribution is 2.42. The Balaban J connectivity index is 2.34. The Morgan fingerprint density at radius 3 is 2.26 bits per heavy atom. The summed E-state index contributed by atoms with van der Waals surface area (Å²) in [6.45, 7) is 7.21. The van der Waals surface area contributed by atoms with Crippen LogP contribution in [-0.2, 0) is 11.7 Å². The van der Waals surface area contributed by atoms with Crippen LogP contribution in [0.3, 0.4) is 0 Å². The summed E-state index contributed by atoms with van der Waals surface area (Å²) < 4.78 is 38.4. The van der Waals surface area contributed by atoms with E-state index in [4.69, 9.17) is 0 Å². The molecule has 1 nitrogen and oxygen atoms in total. The van der Waals surface area contributed by atoms with Gasteiger partial charge < -0.3 is 5.32 Å². The molecule has 106 valence electrons. The number of rotatable bonds is 2. The lowest BCUT2D eigenvalue weighted by atomic mass is 9.70. The lowest BCUT2D eigenvalue weighted by Crippen LogP contribution is -2.55. The molecule has 0 saturated carbocycles. The molecule has 1 N–H and O–H groups in total. The van der Waals surface area contributed by atoms with E-state index in [1.54, 1.807) is 6.07 Å². The minimum atomic E-state index is -4.28. The maximum atomic E-state index is 12.8. The molecule has 0 spiro atoms. The van der Waals surface area contributed by atoms with E-state index in [-0.39, 0.29) is 11.0 Å². The monoisotopic (exact) mass is 271 g/mol. The summed E-state index contributed by atoms with van der Waals surface area (Å²) in [6.07, 6.45) is -2.55. The molecule has 0 aromatic heterocycles. The summed E-state index contributed by atoms with van der Waals surface area (Å²) >= 11 is 0. The van der Waals surface area contributed by atoms with Gasteiger partial charge >= 0.3 is 6.18 Å². The van der Waals surface area contributed by atoms with Crippen molar-refractivity contribution >= 4 is 0 Å². The molecule has 1 saturated heterocycles. The van der Waals surface area contributed by atoms with Crippen molar-refractivity contribution in [2.24, 2.45) is 5.41 Å². The van der Waals surface area contributed by atoms with Gasteiger partial charge in [-0.3, -0.25) is 0 Å². The van der Waals surface area contributed by atoms with Crippen molar-refractivity contribution in [3.05, 3.63) is 35.4 Å². The Morgan fingerprint density at radius 1 is 1.21 bits per heavy atom. The SMILES string of the molecule is CC(C)(C)CC1(c2cccc(C(F)(F)F)c2)CCN1. The second-order valence-corrected chi connectivity index (χ2v) is 6.57. The Bertz CT molecular complexity index is 453. The highest BCUT2D eigenvalue weighted by Gasteiger charge is 2.42. The van der Waals surface area contributed by atoms with E-state index in [9.17, 15) is 13.2 Å². The standard InChI is InChI=1S/C15H20F3N/c1-13(2,3)10-14(7-8-19-14)11-5-4-6-12(9-11)15(16,17)18/h4-6,9,19H,7-8,10H2,1-3H3. The van der Waals surface area contributed by atoms with Gasteiger partial charge in [-0.2, -0.15) is 13.2 Å². The van der Waals surface area contributed by atoms with E-state index in [0.29, 0.717) is 0 Å². The van der Waals surface area contributed by atoms with Gasteiger partial charge in [-0.05, 0) is 42.5 Å². The van der Waals surface area contributed by atoms with Crippen LogP contribution in [0.1, 0.15) is 44.7 Å². The predicted octanol–water partition coefficient (Wildman–Crippen LogP) is 4.33. The van der Waals surface area contributed by atoms with Crippen molar-refractivity contribution in [2.75, 3.05) is 6.54 Å². The molecular formula is C15H20F3N. The van der Waals surface area contributed by atoms with Gasteiger partial charge in [-0.1, -0.05) is 32.9 Å². The van der Waals surface area contributed by atoms with Crippen LogP contribution in [-0.4, -0.2) is 6.54 Å². The van der Waals surface area contributed by atoms with Gasteiger partial charge in [0.2, 0.25) is 0 Å². The highest BCUT2D eigenvalue weighted by atomic mass is 19.4. The summed E-state index contributed by atoms with van der Waals surface area (Å²) in [7, 11) is 0. The Labute approximate surface area is 112 Å². The second kappa shape index (κ2) is 4.51. The van der Waals surface area contributed by atoms with Crippen LogP contribution in [0.2, 0.25) is 0 Å². The molecule has 0 bridgehead atoms. The molecule has 0 aliphatic carbocycles. The molecule has 1 heterocycles. The Kier molecular flexibility index (Phi) is 3.42. The van der Waals surface area contributed by atoms with Crippen LogP contribution < -0.4 is 5.32 Å². The highest BCUT2D eigenvalue weighted by molar-refractivity contribution is 5.33. The van der Waals surface area contributed by atoms with Gasteiger partial charge in [-0.25, -0.2) is 0 Å². The molecule has 19 heavy (non-hydrogen) atoms. The first kappa shape index (κ1) is 14.4. The smallest absolute Gasteiger partial charge is 0.307 e. The summed E-state index contributed by atoms with van der Waals surface area (Å²) in [5, 5.41) is 3.34. The zero-order valence-corrected chi connectivity index (χ0v) is 11.6. The average molecular weight is 271 g/mol. The predicted molar refractivity (Wildman–Crippen MR) is 69.8 cm³/mol. The molecule has 1 atom stereocenters. The number of halogens is 3. The van der Waals surface area contributed by atoms with Crippen molar-refractivity contribution in [3.63, 3.8) is 0 Å². The van der Waals surface area contributed by atoms with Gasteiger partial charge in [0.05, 0.1) is 5.56 Å². The van der Waals surface area contributed by atoms with Crippen LogP contribution in [0, 0.1) is 5.41 Å². The van der Waals surface area contributed by atoms with Crippen molar-refractivity contribution < 1.29 is 13.2 Å². The molecule has 1 aliphatic rings. The third-order valence-corrected chi connectivity index (χ3v) is 3.59. The molecule has 2 rings (SSSR count). The molecule has 0 radical (unpaired) electrons. The van der Waals surface area contributed by atoms with E-state index in [1.165, 1.54) is 12.1 Å². The van der Waals surface area contributed by atoms with Crippen LogP contribution >= 0.6 is 0 Å². The number of hydrogen-bond donors (Lipinski definition) is 1. The molecule has 4 heteroatoms. The van der Waals surface area contributed by atoms with Crippen molar-refractivity contribution in [3.8, 4) is 0 Å². The average Bonchev–Trinajstić information content (AvgIpc) is 2.21. The minimum absolute atomic E-state index is 0.0711. The number of nitrogens with one attached hydrogen (secondary N) is 1. The normalized spacial score (nSPS) is 24.1. The van der Waals surface area contributed by atoms with Crippen LogP contribution in [0.15, 0.2) is 24.3 Å². The number of benzene rings is 1. The second-order valence-electron chi connectivity index (χ2n) is 6.57. The molecule has 1 aliphatic heterocycles. The van der Waals surface area contributed by atoms with Gasteiger partial charge in [-0.15, -0.1) is 0 Å². The summed E-state index contributed by atoms with van der Waals surface area (Å²) in [6, 6.07) is 5.72. The van der Waals surface area contributed by atoms with Crippen molar-refractivity contribution in [1.29, 1.82) is 0 Å². The largest absolute Gasteiger partial charge is 0.416 e. The summed E-state index contributed by atoms with van der Waals surface area (Å²) in [5.74, 6) is 0. The lowest BCUT2D eigenvalue weighted by Gasteiger charge is -2.47. The van der Waals surface area contributed by atoms with E-state index in [0.717, 1.165) is 31.0 Å². The quantitative estimate of drug-likeness (QED) is 0.844. The van der Waals surface area contributed by atoms with Crippen LogP contribution in [0.25, 0.3) is 0 Å². The first-order valence-electron chi connectivity index (χ1n) is 6.55.